The third-order valence-corrected chi connectivity index (χ3v) is 8.68. The summed E-state index contributed by atoms with van der Waals surface area (Å²) >= 11 is 3.51. The third kappa shape index (κ3) is 10.0. The van der Waals surface area contributed by atoms with E-state index in [2.05, 4.69) is 21.2 Å². The van der Waals surface area contributed by atoms with Gasteiger partial charge < -0.3 is 10.2 Å². The van der Waals surface area contributed by atoms with Crippen LogP contribution in [0.3, 0.4) is 0 Å². The molecule has 2 amide bonds. The van der Waals surface area contributed by atoms with E-state index in [1.165, 1.54) is 10.6 Å². The molecule has 220 valence electrons. The van der Waals surface area contributed by atoms with Crippen molar-refractivity contribution in [2.45, 2.75) is 65.1 Å². The number of rotatable bonds is 14. The van der Waals surface area contributed by atoms with E-state index < -0.39 is 16.1 Å². The molecule has 0 heterocycles. The summed E-state index contributed by atoms with van der Waals surface area (Å²) in [7, 11) is -3.55. The van der Waals surface area contributed by atoms with Gasteiger partial charge in [0.25, 0.3) is 0 Å². The maximum atomic E-state index is 13.9. The van der Waals surface area contributed by atoms with E-state index in [1.807, 2.05) is 87.5 Å². The minimum atomic E-state index is -3.55. The molecule has 41 heavy (non-hydrogen) atoms. The van der Waals surface area contributed by atoms with Crippen molar-refractivity contribution in [3.63, 3.8) is 0 Å². The van der Waals surface area contributed by atoms with Crippen LogP contribution in [0.15, 0.2) is 83.3 Å². The highest BCUT2D eigenvalue weighted by atomic mass is 79.9. The lowest BCUT2D eigenvalue weighted by atomic mass is 10.0. The summed E-state index contributed by atoms with van der Waals surface area (Å²) in [6, 6.07) is 23.9. The quantitative estimate of drug-likeness (QED) is 0.239. The molecule has 1 N–H and O–H groups in total. The van der Waals surface area contributed by atoms with Crippen molar-refractivity contribution in [1.82, 2.24) is 10.2 Å². The van der Waals surface area contributed by atoms with Gasteiger partial charge in [0.1, 0.15) is 6.04 Å². The Hall–Kier alpha value is -3.17. The zero-order valence-corrected chi connectivity index (χ0v) is 26.6. The lowest BCUT2D eigenvalue weighted by Crippen LogP contribution is -2.52. The Kier molecular flexibility index (Phi) is 12.0. The first-order valence-corrected chi connectivity index (χ1v) is 16.5. The monoisotopic (exact) mass is 641 g/mol. The molecule has 0 aliphatic heterocycles. The van der Waals surface area contributed by atoms with E-state index in [0.717, 1.165) is 27.6 Å². The van der Waals surface area contributed by atoms with E-state index in [1.54, 1.807) is 17.0 Å². The normalized spacial score (nSPS) is 12.8. The van der Waals surface area contributed by atoms with Crippen molar-refractivity contribution in [2.75, 3.05) is 17.1 Å². The fraction of sp³-hybridized carbons (Fsp3) is 0.375. The Morgan fingerprint density at radius 1 is 0.951 bits per heavy atom. The Morgan fingerprint density at radius 2 is 1.61 bits per heavy atom. The van der Waals surface area contributed by atoms with Crippen molar-refractivity contribution in [3.05, 3.63) is 100 Å². The highest BCUT2D eigenvalue weighted by Gasteiger charge is 2.31. The van der Waals surface area contributed by atoms with Gasteiger partial charge in [-0.05, 0) is 62.1 Å². The van der Waals surface area contributed by atoms with Gasteiger partial charge in [-0.2, -0.15) is 0 Å². The Balaban J connectivity index is 1.89. The Bertz CT molecular complexity index is 1400. The van der Waals surface area contributed by atoms with Crippen LogP contribution in [0.2, 0.25) is 0 Å². The molecule has 3 rings (SSSR count). The summed E-state index contributed by atoms with van der Waals surface area (Å²) < 4.78 is 27.4. The first-order valence-electron chi connectivity index (χ1n) is 13.9. The maximum Gasteiger partial charge on any atom is 0.243 e. The van der Waals surface area contributed by atoms with Crippen molar-refractivity contribution in [2.24, 2.45) is 0 Å². The first kappa shape index (κ1) is 32.3. The number of amides is 2. The predicted molar refractivity (Wildman–Crippen MR) is 169 cm³/mol. The number of nitrogens with one attached hydrogen (secondary N) is 1. The van der Waals surface area contributed by atoms with Gasteiger partial charge in [0.2, 0.25) is 21.8 Å². The molecular formula is C32H40BrN3O4S. The number of nitrogens with zero attached hydrogens (tertiary/aromatic N) is 2. The van der Waals surface area contributed by atoms with Gasteiger partial charge in [0.05, 0.1) is 11.9 Å². The van der Waals surface area contributed by atoms with Crippen LogP contribution in [0, 0.1) is 6.92 Å². The minimum Gasteiger partial charge on any atom is -0.352 e. The number of carbonyl (C=O) groups excluding carboxylic acids is 2. The molecule has 0 radical (unpaired) electrons. The van der Waals surface area contributed by atoms with E-state index in [4.69, 9.17) is 0 Å². The predicted octanol–water partition coefficient (Wildman–Crippen LogP) is 5.86. The van der Waals surface area contributed by atoms with Gasteiger partial charge in [-0.25, -0.2) is 8.42 Å². The largest absolute Gasteiger partial charge is 0.352 e. The summed E-state index contributed by atoms with van der Waals surface area (Å²) in [5.74, 6) is -0.411. The molecule has 9 heteroatoms. The summed E-state index contributed by atoms with van der Waals surface area (Å²) in [6.07, 6.45) is 2.70. The second-order valence-electron chi connectivity index (χ2n) is 10.4. The third-order valence-electron chi connectivity index (χ3n) is 6.99. The van der Waals surface area contributed by atoms with E-state index in [-0.39, 0.29) is 37.4 Å². The average Bonchev–Trinajstić information content (AvgIpc) is 2.93. The molecular weight excluding hydrogens is 602 g/mol. The molecule has 3 aromatic carbocycles. The van der Waals surface area contributed by atoms with Gasteiger partial charge in [0, 0.05) is 36.4 Å². The molecule has 3 aromatic rings. The second kappa shape index (κ2) is 15.2. The summed E-state index contributed by atoms with van der Waals surface area (Å²) in [5, 5.41) is 3.07. The van der Waals surface area contributed by atoms with Crippen molar-refractivity contribution < 1.29 is 18.0 Å². The van der Waals surface area contributed by atoms with Crippen LogP contribution >= 0.6 is 15.9 Å². The van der Waals surface area contributed by atoms with E-state index >= 15 is 0 Å². The Morgan fingerprint density at radius 3 is 2.22 bits per heavy atom. The molecule has 0 aliphatic rings. The van der Waals surface area contributed by atoms with Gasteiger partial charge in [-0.15, -0.1) is 0 Å². The lowest BCUT2D eigenvalue weighted by Gasteiger charge is -2.32. The van der Waals surface area contributed by atoms with Gasteiger partial charge in [-0.1, -0.05) is 83.0 Å². The molecule has 0 aliphatic carbocycles. The van der Waals surface area contributed by atoms with Crippen LogP contribution in [0.4, 0.5) is 5.69 Å². The van der Waals surface area contributed by atoms with Crippen LogP contribution in [0.1, 0.15) is 49.8 Å². The number of benzene rings is 3. The van der Waals surface area contributed by atoms with Crippen molar-refractivity contribution in [3.8, 4) is 0 Å². The van der Waals surface area contributed by atoms with Crippen LogP contribution in [0.5, 0.6) is 0 Å². The van der Waals surface area contributed by atoms with E-state index in [0.29, 0.717) is 18.5 Å². The smallest absolute Gasteiger partial charge is 0.243 e. The molecule has 0 unspecified atom stereocenters. The molecule has 0 bridgehead atoms. The molecule has 0 fully saturated rings. The highest BCUT2D eigenvalue weighted by molar-refractivity contribution is 9.10. The van der Waals surface area contributed by atoms with Crippen LogP contribution in [-0.2, 0) is 32.6 Å². The zero-order valence-electron chi connectivity index (χ0n) is 24.2. The van der Waals surface area contributed by atoms with Crippen molar-refractivity contribution >= 4 is 43.5 Å². The summed E-state index contributed by atoms with van der Waals surface area (Å²) in [4.78, 5) is 29.2. The number of hydrogen-bond acceptors (Lipinski definition) is 4. The average molecular weight is 643 g/mol. The summed E-state index contributed by atoms with van der Waals surface area (Å²) in [5.41, 5.74) is 3.43. The number of halogens is 1. The van der Waals surface area contributed by atoms with Gasteiger partial charge in [-0.3, -0.25) is 13.9 Å². The SMILES string of the molecule is CC[C@@H](C)NC(=O)[C@H](Cc1ccccc1)N(Cc1cccc(Br)c1)C(=O)CCCN(c1ccc(C)cc1)S(C)(=O)=O. The molecule has 7 nitrogen and oxygen atoms in total. The summed E-state index contributed by atoms with van der Waals surface area (Å²) in [6.45, 7) is 6.29. The molecule has 0 saturated carbocycles. The lowest BCUT2D eigenvalue weighted by molar-refractivity contribution is -0.141. The molecule has 2 atom stereocenters. The Labute approximate surface area is 253 Å². The number of hydrogen-bond donors (Lipinski definition) is 1. The van der Waals surface area contributed by atoms with E-state index in [9.17, 15) is 18.0 Å². The molecule has 0 aromatic heterocycles. The standard InChI is InChI=1S/C32H40BrN3O4S/c1-5-25(3)34-32(38)30(22-26-11-7-6-8-12-26)35(23-27-13-9-14-28(33)21-27)31(37)15-10-20-36(41(4,39)40)29-18-16-24(2)17-19-29/h6-9,11-14,16-19,21,25,30H,5,10,15,20,22-23H2,1-4H3,(H,34,38)/t25-,30+/m1/s1. The van der Waals surface area contributed by atoms with Gasteiger partial charge >= 0.3 is 0 Å². The topological polar surface area (TPSA) is 86.8 Å². The van der Waals surface area contributed by atoms with Crippen molar-refractivity contribution in [1.29, 1.82) is 0 Å². The number of sulfonamides is 1. The number of aryl methyl sites for hydroxylation is 1. The number of anilines is 1. The first-order chi connectivity index (χ1) is 19.5. The van der Waals surface area contributed by atoms with Gasteiger partial charge in [0.15, 0.2) is 0 Å². The second-order valence-corrected chi connectivity index (χ2v) is 13.3. The minimum absolute atomic E-state index is 0.0403. The maximum absolute atomic E-state index is 13.9. The zero-order chi connectivity index (χ0) is 30.0. The fourth-order valence-corrected chi connectivity index (χ4v) is 5.95. The van der Waals surface area contributed by atoms with Crippen LogP contribution in [0.25, 0.3) is 0 Å². The fourth-order valence-electron chi connectivity index (χ4n) is 4.54. The number of carbonyl (C=O) groups is 2. The highest BCUT2D eigenvalue weighted by Crippen LogP contribution is 2.21. The molecule has 0 spiro atoms. The van der Waals surface area contributed by atoms with Crippen LogP contribution in [-0.4, -0.2) is 50.0 Å². The van der Waals surface area contributed by atoms with Crippen LogP contribution < -0.4 is 9.62 Å². The molecule has 0 saturated heterocycles.